The molecule has 0 aromatic heterocycles. The van der Waals surface area contributed by atoms with Crippen molar-refractivity contribution in [1.29, 1.82) is 0 Å². The van der Waals surface area contributed by atoms with Crippen LogP contribution < -0.4 is 0 Å². The molecule has 47 heavy (non-hydrogen) atoms. The van der Waals surface area contributed by atoms with E-state index in [9.17, 15) is 10.2 Å². The van der Waals surface area contributed by atoms with Gasteiger partial charge in [0, 0.05) is 6.42 Å². The minimum atomic E-state index is -1.79. The van der Waals surface area contributed by atoms with E-state index >= 15 is 0 Å². The largest absolute Gasteiger partial charge is 0.410 e. The van der Waals surface area contributed by atoms with Crippen LogP contribution in [-0.2, 0) is 17.3 Å². The Balaban J connectivity index is 0.000000481. The van der Waals surface area contributed by atoms with Crippen molar-refractivity contribution >= 4 is 8.32 Å². The first-order valence-electron chi connectivity index (χ1n) is 18.8. The fraction of sp³-hybridized carbons (Fsp3) is 0.667. The van der Waals surface area contributed by atoms with Gasteiger partial charge in [-0.05, 0) is 72.5 Å². The van der Waals surface area contributed by atoms with Crippen LogP contribution in [0.2, 0.25) is 18.1 Å². The summed E-state index contributed by atoms with van der Waals surface area (Å²) in [6.45, 7) is 19.7. The average Bonchev–Trinajstić information content (AvgIpc) is 3.04. The second-order valence-electron chi connectivity index (χ2n) is 15.0. The summed E-state index contributed by atoms with van der Waals surface area (Å²) >= 11 is 0. The minimum Gasteiger partial charge on any atom is -0.410 e. The zero-order chi connectivity index (χ0) is 35.1. The van der Waals surface area contributed by atoms with Gasteiger partial charge in [-0.2, -0.15) is 0 Å². The molecule has 3 unspecified atom stereocenters. The van der Waals surface area contributed by atoms with E-state index in [0.717, 1.165) is 18.4 Å². The standard InChI is InChI=1S/C24H42OSi.C18H30O3/c1-8-10-11-12-13-14-16-21-17-19-22(20-18-21)23(15-9-2)25-26(6,7)24(3,4)5;1-2-3-4-5-6-7-8-15-9-11-16(12-10-15)18(21)13-17(20)14-19/h9,17-20,23H,2,8,10-16H2,1,3-7H3;9-12,17-21H,2-8,13-14H2,1H3. The number of rotatable bonds is 23. The van der Waals surface area contributed by atoms with E-state index in [1.807, 2.05) is 18.2 Å². The maximum absolute atomic E-state index is 9.94. The summed E-state index contributed by atoms with van der Waals surface area (Å²) in [6.07, 6.45) is 19.8. The molecule has 0 heterocycles. The van der Waals surface area contributed by atoms with Crippen LogP contribution in [0, 0.1) is 0 Å². The average molecular weight is 669 g/mol. The smallest absolute Gasteiger partial charge is 0.192 e. The van der Waals surface area contributed by atoms with Crippen LogP contribution in [0.15, 0.2) is 61.2 Å². The summed E-state index contributed by atoms with van der Waals surface area (Å²) in [5.74, 6) is 0. The SMILES string of the molecule is C=CCC(O[Si](C)(C)C(C)(C)C)c1ccc(CCCCCCCC)cc1.CCCCCCCCc1ccc(C(O)CC(O)CO)cc1. The summed E-state index contributed by atoms with van der Waals surface area (Å²) in [5, 5.41) is 28.3. The normalized spacial score (nSPS) is 13.8. The molecule has 0 amide bonds. The van der Waals surface area contributed by atoms with Crippen molar-refractivity contribution in [3.63, 3.8) is 0 Å². The third-order valence-corrected chi connectivity index (χ3v) is 14.2. The van der Waals surface area contributed by atoms with Gasteiger partial charge in [0.05, 0.1) is 24.9 Å². The van der Waals surface area contributed by atoms with Gasteiger partial charge in [0.2, 0.25) is 0 Å². The Morgan fingerprint density at radius 2 is 1.13 bits per heavy atom. The monoisotopic (exact) mass is 669 g/mol. The van der Waals surface area contributed by atoms with Gasteiger partial charge in [-0.15, -0.1) is 6.58 Å². The van der Waals surface area contributed by atoms with Crippen LogP contribution in [0.25, 0.3) is 0 Å². The van der Waals surface area contributed by atoms with Gasteiger partial charge in [0.15, 0.2) is 8.32 Å². The molecule has 0 aliphatic carbocycles. The lowest BCUT2D eigenvalue weighted by molar-refractivity contribution is 0.0413. The Labute approximate surface area is 291 Å². The second kappa shape index (κ2) is 24.4. The van der Waals surface area contributed by atoms with E-state index in [2.05, 4.69) is 90.7 Å². The minimum absolute atomic E-state index is 0.136. The molecule has 0 aliphatic heterocycles. The Hall–Kier alpha value is -1.76. The molecule has 0 saturated heterocycles. The van der Waals surface area contributed by atoms with E-state index in [1.54, 1.807) is 0 Å². The summed E-state index contributed by atoms with van der Waals surface area (Å²) < 4.78 is 6.67. The van der Waals surface area contributed by atoms with Crippen molar-refractivity contribution in [3.8, 4) is 0 Å². The highest BCUT2D eigenvalue weighted by atomic mass is 28.4. The summed E-state index contributed by atoms with van der Waals surface area (Å²) in [7, 11) is -1.79. The number of aryl methyl sites for hydroxylation is 2. The van der Waals surface area contributed by atoms with Crippen LogP contribution in [0.5, 0.6) is 0 Å². The molecule has 0 saturated carbocycles. The highest BCUT2D eigenvalue weighted by Gasteiger charge is 2.39. The molecule has 3 atom stereocenters. The molecule has 0 aliphatic rings. The van der Waals surface area contributed by atoms with Gasteiger partial charge in [-0.1, -0.05) is 153 Å². The van der Waals surface area contributed by atoms with Gasteiger partial charge in [-0.3, -0.25) is 0 Å². The number of aliphatic hydroxyl groups excluding tert-OH is 3. The first kappa shape index (κ1) is 43.3. The van der Waals surface area contributed by atoms with Crippen molar-refractivity contribution in [2.45, 2.75) is 174 Å². The predicted molar refractivity (Wildman–Crippen MR) is 206 cm³/mol. The van der Waals surface area contributed by atoms with Gasteiger partial charge in [0.1, 0.15) is 0 Å². The highest BCUT2D eigenvalue weighted by molar-refractivity contribution is 6.74. The van der Waals surface area contributed by atoms with Gasteiger partial charge < -0.3 is 19.7 Å². The summed E-state index contributed by atoms with van der Waals surface area (Å²) in [6, 6.07) is 17.1. The van der Waals surface area contributed by atoms with Crippen molar-refractivity contribution in [2.24, 2.45) is 0 Å². The molecule has 2 aromatic rings. The van der Waals surface area contributed by atoms with Crippen LogP contribution in [0.4, 0.5) is 0 Å². The fourth-order valence-electron chi connectivity index (χ4n) is 5.43. The lowest BCUT2D eigenvalue weighted by Gasteiger charge is -2.39. The Kier molecular flexibility index (Phi) is 22.4. The second-order valence-corrected chi connectivity index (χ2v) is 19.8. The van der Waals surface area contributed by atoms with Crippen LogP contribution >= 0.6 is 0 Å². The number of unbranched alkanes of at least 4 members (excludes halogenated alkanes) is 10. The number of hydrogen-bond acceptors (Lipinski definition) is 4. The predicted octanol–water partition coefficient (Wildman–Crippen LogP) is 11.6. The number of benzene rings is 2. The lowest BCUT2D eigenvalue weighted by Crippen LogP contribution is -2.41. The number of hydrogen-bond donors (Lipinski definition) is 3. The molecular weight excluding hydrogens is 597 g/mol. The maximum atomic E-state index is 9.94. The highest BCUT2D eigenvalue weighted by Crippen LogP contribution is 2.40. The molecule has 2 aromatic carbocycles. The third-order valence-electron chi connectivity index (χ3n) is 9.68. The topological polar surface area (TPSA) is 69.9 Å². The van der Waals surface area contributed by atoms with E-state index in [1.165, 1.54) is 100 Å². The van der Waals surface area contributed by atoms with Gasteiger partial charge >= 0.3 is 0 Å². The zero-order valence-corrected chi connectivity index (χ0v) is 32.4. The molecule has 268 valence electrons. The lowest BCUT2D eigenvalue weighted by atomic mass is 10.00. The molecule has 0 spiro atoms. The van der Waals surface area contributed by atoms with Crippen molar-refractivity contribution in [1.82, 2.24) is 0 Å². The molecule has 2 rings (SSSR count). The molecule has 4 nitrogen and oxygen atoms in total. The van der Waals surface area contributed by atoms with Gasteiger partial charge in [0.25, 0.3) is 0 Å². The quantitative estimate of drug-likeness (QED) is 0.0626. The first-order valence-corrected chi connectivity index (χ1v) is 21.7. The first-order chi connectivity index (χ1) is 22.4. The van der Waals surface area contributed by atoms with Gasteiger partial charge in [-0.25, -0.2) is 0 Å². The van der Waals surface area contributed by atoms with E-state index < -0.39 is 20.5 Å². The Morgan fingerprint density at radius 1 is 0.702 bits per heavy atom. The Bertz CT molecular complexity index is 1040. The molecule has 0 fully saturated rings. The van der Waals surface area contributed by atoms with Crippen molar-refractivity contribution in [3.05, 3.63) is 83.4 Å². The molecular formula is C42H72O4Si. The molecule has 3 N–H and O–H groups in total. The van der Waals surface area contributed by atoms with E-state index in [-0.39, 0.29) is 24.2 Å². The van der Waals surface area contributed by atoms with E-state index in [0.29, 0.717) is 0 Å². The maximum Gasteiger partial charge on any atom is 0.192 e. The number of aliphatic hydroxyl groups is 3. The molecule has 0 bridgehead atoms. The molecule has 5 heteroatoms. The van der Waals surface area contributed by atoms with E-state index in [4.69, 9.17) is 9.53 Å². The Morgan fingerprint density at radius 3 is 1.53 bits per heavy atom. The van der Waals surface area contributed by atoms with Crippen molar-refractivity contribution < 1.29 is 19.7 Å². The molecule has 0 radical (unpaired) electrons. The van der Waals surface area contributed by atoms with Crippen molar-refractivity contribution in [2.75, 3.05) is 6.61 Å². The van der Waals surface area contributed by atoms with Crippen LogP contribution in [0.1, 0.15) is 159 Å². The van der Waals surface area contributed by atoms with Crippen LogP contribution in [-0.4, -0.2) is 36.3 Å². The zero-order valence-electron chi connectivity index (χ0n) is 31.4. The summed E-state index contributed by atoms with van der Waals surface area (Å²) in [5.41, 5.74) is 4.84. The summed E-state index contributed by atoms with van der Waals surface area (Å²) in [4.78, 5) is 0. The van der Waals surface area contributed by atoms with Crippen LogP contribution in [0.3, 0.4) is 0 Å². The third kappa shape index (κ3) is 18.5. The fourth-order valence-corrected chi connectivity index (χ4v) is 6.73.